The van der Waals surface area contributed by atoms with Crippen molar-refractivity contribution >= 4 is 73.1 Å². The molecule has 0 unspecified atom stereocenters. The maximum Gasteiger partial charge on any atom is 0.293 e. The van der Waals surface area contributed by atoms with E-state index in [0.29, 0.717) is 21.4 Å². The number of carbonyl (C=O) groups is 2. The zero-order valence-electron chi connectivity index (χ0n) is 15.1. The molecule has 0 aliphatic carbocycles. The Labute approximate surface area is 185 Å². The Morgan fingerprint density at radius 2 is 1.83 bits per heavy atom. The number of nitrogens with one attached hydrogen (secondary N) is 3. The fourth-order valence-corrected chi connectivity index (χ4v) is 3.80. The molecule has 4 aromatic rings. The number of halogens is 1. The minimum Gasteiger partial charge on any atom is -0.459 e. The van der Waals surface area contributed by atoms with Gasteiger partial charge < -0.3 is 9.73 Å². The fraction of sp³-hybridized carbons (Fsp3) is 0. The Kier molecular flexibility index (Phi) is 5.75. The summed E-state index contributed by atoms with van der Waals surface area (Å²) in [6.45, 7) is 0. The Morgan fingerprint density at radius 3 is 2.57 bits per heavy atom. The van der Waals surface area contributed by atoms with Gasteiger partial charge in [-0.15, -0.1) is 0 Å². The van der Waals surface area contributed by atoms with Crippen LogP contribution in [-0.4, -0.2) is 21.9 Å². The van der Waals surface area contributed by atoms with Gasteiger partial charge in [-0.1, -0.05) is 22.9 Å². The van der Waals surface area contributed by atoms with Crippen LogP contribution in [0.5, 0.6) is 0 Å². The minimum absolute atomic E-state index is 0.158. The number of aromatic nitrogens is 1. The standard InChI is InChI=1S/C20H13ClN4O3S2/c21-12-5-3-11(4-6-12)17(26)24-19(29)22-13-7-8-14-16(10-13)30-20(23-14)25-18(27)15-2-1-9-28-15/h1-10H,(H,23,25,27)(H2,22,24,26,29). The van der Waals surface area contributed by atoms with Crippen molar-refractivity contribution in [1.82, 2.24) is 10.3 Å². The highest BCUT2D eigenvalue weighted by Crippen LogP contribution is 2.28. The molecule has 0 aliphatic heterocycles. The van der Waals surface area contributed by atoms with E-state index >= 15 is 0 Å². The molecule has 3 N–H and O–H groups in total. The van der Waals surface area contributed by atoms with Crippen molar-refractivity contribution in [3.63, 3.8) is 0 Å². The summed E-state index contributed by atoms with van der Waals surface area (Å²) in [5.74, 6) is -0.507. The number of fused-ring (bicyclic) bond motifs is 1. The molecule has 2 aromatic carbocycles. The molecule has 10 heteroatoms. The average Bonchev–Trinajstić information content (AvgIpc) is 3.37. The second-order valence-corrected chi connectivity index (χ2v) is 7.92. The first-order chi connectivity index (χ1) is 14.5. The predicted octanol–water partition coefficient (Wildman–Crippen LogP) is 4.92. The maximum absolute atomic E-state index is 12.2. The number of hydrogen-bond acceptors (Lipinski definition) is 6. The van der Waals surface area contributed by atoms with E-state index in [4.69, 9.17) is 28.2 Å². The van der Waals surface area contributed by atoms with E-state index in [0.717, 1.165) is 10.2 Å². The molecule has 0 bridgehead atoms. The first-order valence-electron chi connectivity index (χ1n) is 8.61. The van der Waals surface area contributed by atoms with Crippen molar-refractivity contribution in [2.45, 2.75) is 0 Å². The van der Waals surface area contributed by atoms with Crippen LogP contribution in [0.15, 0.2) is 65.3 Å². The van der Waals surface area contributed by atoms with Crippen LogP contribution in [0, 0.1) is 0 Å². The molecule has 4 rings (SSSR count). The number of anilines is 2. The lowest BCUT2D eigenvalue weighted by Crippen LogP contribution is -2.34. The van der Waals surface area contributed by atoms with Gasteiger partial charge in [0.2, 0.25) is 0 Å². The highest BCUT2D eigenvalue weighted by molar-refractivity contribution is 7.80. The summed E-state index contributed by atoms with van der Waals surface area (Å²) in [6, 6.07) is 15.1. The number of furan rings is 1. The molecular formula is C20H13ClN4O3S2. The van der Waals surface area contributed by atoms with Crippen LogP contribution in [0.1, 0.15) is 20.9 Å². The van der Waals surface area contributed by atoms with Gasteiger partial charge in [-0.25, -0.2) is 4.98 Å². The molecule has 0 aliphatic rings. The molecule has 0 atom stereocenters. The van der Waals surface area contributed by atoms with Gasteiger partial charge in [0.15, 0.2) is 16.0 Å². The van der Waals surface area contributed by atoms with Crippen LogP contribution in [0.4, 0.5) is 10.8 Å². The highest BCUT2D eigenvalue weighted by atomic mass is 35.5. The minimum atomic E-state index is -0.372. The summed E-state index contributed by atoms with van der Waals surface area (Å²) in [7, 11) is 0. The van der Waals surface area contributed by atoms with Crippen LogP contribution in [-0.2, 0) is 0 Å². The summed E-state index contributed by atoms with van der Waals surface area (Å²) in [6.07, 6.45) is 1.43. The predicted molar refractivity (Wildman–Crippen MR) is 121 cm³/mol. The quantitative estimate of drug-likeness (QED) is 0.377. The molecule has 0 saturated heterocycles. The summed E-state index contributed by atoms with van der Waals surface area (Å²) in [4.78, 5) is 28.7. The van der Waals surface area contributed by atoms with Crippen molar-refractivity contribution in [3.8, 4) is 0 Å². The maximum atomic E-state index is 12.2. The highest BCUT2D eigenvalue weighted by Gasteiger charge is 2.13. The summed E-state index contributed by atoms with van der Waals surface area (Å²) >= 11 is 12.4. The number of benzene rings is 2. The summed E-state index contributed by atoms with van der Waals surface area (Å²) in [5.41, 5.74) is 1.84. The second-order valence-electron chi connectivity index (χ2n) is 6.05. The Bertz CT molecular complexity index is 1240. The van der Waals surface area contributed by atoms with Crippen LogP contribution in [0.25, 0.3) is 10.2 Å². The molecule has 0 saturated carbocycles. The van der Waals surface area contributed by atoms with E-state index in [2.05, 4.69) is 20.9 Å². The van der Waals surface area contributed by atoms with E-state index < -0.39 is 0 Å². The second kappa shape index (κ2) is 8.62. The molecular weight excluding hydrogens is 444 g/mol. The smallest absolute Gasteiger partial charge is 0.293 e. The van der Waals surface area contributed by atoms with Crippen LogP contribution >= 0.6 is 35.2 Å². The zero-order valence-corrected chi connectivity index (χ0v) is 17.5. The lowest BCUT2D eigenvalue weighted by Gasteiger charge is -2.09. The lowest BCUT2D eigenvalue weighted by molar-refractivity contribution is 0.0975. The first-order valence-corrected chi connectivity index (χ1v) is 10.2. The topological polar surface area (TPSA) is 96.3 Å². The van der Waals surface area contributed by atoms with Gasteiger partial charge in [0, 0.05) is 16.3 Å². The molecule has 2 heterocycles. The van der Waals surface area contributed by atoms with Crippen LogP contribution in [0.3, 0.4) is 0 Å². The van der Waals surface area contributed by atoms with Gasteiger partial charge in [0.25, 0.3) is 11.8 Å². The molecule has 0 spiro atoms. The van der Waals surface area contributed by atoms with Gasteiger partial charge in [-0.3, -0.25) is 20.2 Å². The first kappa shape index (κ1) is 20.0. The number of hydrogen-bond donors (Lipinski definition) is 3. The number of carbonyl (C=O) groups excluding carboxylic acids is 2. The lowest BCUT2D eigenvalue weighted by atomic mass is 10.2. The number of thiocarbonyl (C=S) groups is 1. The van der Waals surface area contributed by atoms with Crippen LogP contribution < -0.4 is 16.0 Å². The van der Waals surface area contributed by atoms with E-state index in [1.54, 1.807) is 48.5 Å². The van der Waals surface area contributed by atoms with Gasteiger partial charge in [-0.05, 0) is 66.8 Å². The largest absolute Gasteiger partial charge is 0.459 e. The van der Waals surface area contributed by atoms with E-state index in [9.17, 15) is 9.59 Å². The number of rotatable bonds is 4. The molecule has 7 nitrogen and oxygen atoms in total. The average molecular weight is 457 g/mol. The SMILES string of the molecule is O=C(NC(=S)Nc1ccc2nc(NC(=O)c3ccco3)sc2c1)c1ccc(Cl)cc1. The molecule has 0 fully saturated rings. The van der Waals surface area contributed by atoms with Crippen LogP contribution in [0.2, 0.25) is 5.02 Å². The van der Waals surface area contributed by atoms with E-state index in [-0.39, 0.29) is 22.7 Å². The number of nitrogens with zero attached hydrogens (tertiary/aromatic N) is 1. The Balaban J connectivity index is 1.41. The van der Waals surface area contributed by atoms with E-state index in [1.807, 2.05) is 6.07 Å². The molecule has 30 heavy (non-hydrogen) atoms. The van der Waals surface area contributed by atoms with Gasteiger partial charge in [-0.2, -0.15) is 0 Å². The third-order valence-electron chi connectivity index (χ3n) is 3.95. The van der Waals surface area contributed by atoms with Gasteiger partial charge >= 0.3 is 0 Å². The number of thiazole rings is 1. The fourth-order valence-electron chi connectivity index (χ4n) is 2.56. The van der Waals surface area contributed by atoms with Crippen molar-refractivity contribution < 1.29 is 14.0 Å². The van der Waals surface area contributed by atoms with Crippen molar-refractivity contribution in [3.05, 3.63) is 77.2 Å². The van der Waals surface area contributed by atoms with Crippen molar-refractivity contribution in [2.75, 3.05) is 10.6 Å². The van der Waals surface area contributed by atoms with Gasteiger partial charge in [0.05, 0.1) is 16.5 Å². The van der Waals surface area contributed by atoms with Crippen molar-refractivity contribution in [2.24, 2.45) is 0 Å². The van der Waals surface area contributed by atoms with Gasteiger partial charge in [0.1, 0.15) is 0 Å². The monoisotopic (exact) mass is 456 g/mol. The Hall–Kier alpha value is -3.27. The molecule has 2 amide bonds. The molecule has 2 aromatic heterocycles. The third-order valence-corrected chi connectivity index (χ3v) is 5.33. The molecule has 0 radical (unpaired) electrons. The third kappa shape index (κ3) is 4.65. The Morgan fingerprint density at radius 1 is 1.03 bits per heavy atom. The molecule has 150 valence electrons. The van der Waals surface area contributed by atoms with Crippen molar-refractivity contribution in [1.29, 1.82) is 0 Å². The van der Waals surface area contributed by atoms with E-state index in [1.165, 1.54) is 17.6 Å². The summed E-state index contributed by atoms with van der Waals surface area (Å²) < 4.78 is 5.91. The zero-order chi connectivity index (χ0) is 21.1. The normalized spacial score (nSPS) is 10.6. The number of amides is 2. The summed E-state index contributed by atoms with van der Waals surface area (Å²) in [5, 5.41) is 9.44.